The van der Waals surface area contributed by atoms with E-state index in [-0.39, 0.29) is 17.7 Å². The Morgan fingerprint density at radius 1 is 1.24 bits per heavy atom. The number of hydrogen-bond acceptors (Lipinski definition) is 3. The van der Waals surface area contributed by atoms with Crippen molar-refractivity contribution in [3.63, 3.8) is 0 Å². The number of benzene rings is 1. The Bertz CT molecular complexity index is 510. The zero-order valence-corrected chi connectivity index (χ0v) is 13.2. The Morgan fingerprint density at radius 2 is 1.81 bits per heavy atom. The molecule has 4 N–H and O–H groups in total. The van der Waals surface area contributed by atoms with E-state index >= 15 is 0 Å². The van der Waals surface area contributed by atoms with Gasteiger partial charge in [0.15, 0.2) is 0 Å². The molecule has 5 heteroatoms. The summed E-state index contributed by atoms with van der Waals surface area (Å²) in [5, 5.41) is 5.59. The molecule has 0 heterocycles. The predicted octanol–water partition coefficient (Wildman–Crippen LogP) is 2.74. The van der Waals surface area contributed by atoms with Crippen molar-refractivity contribution in [1.82, 2.24) is 0 Å². The van der Waals surface area contributed by atoms with Gasteiger partial charge in [0.1, 0.15) is 0 Å². The fraction of sp³-hybridized carbons (Fsp3) is 0.500. The van der Waals surface area contributed by atoms with Crippen LogP contribution in [0.25, 0.3) is 0 Å². The molecule has 0 aliphatic heterocycles. The third-order valence-corrected chi connectivity index (χ3v) is 3.20. The zero-order valence-electron chi connectivity index (χ0n) is 13.2. The van der Waals surface area contributed by atoms with Gasteiger partial charge in [0.2, 0.25) is 11.8 Å². The lowest BCUT2D eigenvalue weighted by atomic mass is 9.96. The van der Waals surface area contributed by atoms with Crippen LogP contribution >= 0.6 is 0 Å². The van der Waals surface area contributed by atoms with E-state index < -0.39 is 5.54 Å². The van der Waals surface area contributed by atoms with Crippen LogP contribution in [0.15, 0.2) is 24.3 Å². The Balaban J connectivity index is 2.77. The Morgan fingerprint density at radius 3 is 2.33 bits per heavy atom. The summed E-state index contributed by atoms with van der Waals surface area (Å²) >= 11 is 0. The largest absolute Gasteiger partial charge is 0.326 e. The fourth-order valence-corrected chi connectivity index (χ4v) is 1.87. The van der Waals surface area contributed by atoms with E-state index in [9.17, 15) is 9.59 Å². The van der Waals surface area contributed by atoms with Gasteiger partial charge in [-0.1, -0.05) is 33.3 Å². The second kappa shape index (κ2) is 7.22. The molecular formula is C16H25N3O2. The lowest BCUT2D eigenvalue weighted by Crippen LogP contribution is -2.48. The normalized spacial score (nSPS) is 13.6. The fourth-order valence-electron chi connectivity index (χ4n) is 1.87. The summed E-state index contributed by atoms with van der Waals surface area (Å²) in [6.45, 7) is 7.35. The molecule has 1 aromatic carbocycles. The summed E-state index contributed by atoms with van der Waals surface area (Å²) in [7, 11) is 0. The van der Waals surface area contributed by atoms with E-state index in [4.69, 9.17) is 5.73 Å². The van der Waals surface area contributed by atoms with E-state index in [1.165, 1.54) is 0 Å². The second-order valence-corrected chi connectivity index (χ2v) is 5.85. The van der Waals surface area contributed by atoms with Gasteiger partial charge in [-0.05, 0) is 31.5 Å². The van der Waals surface area contributed by atoms with Gasteiger partial charge in [-0.3, -0.25) is 9.59 Å². The van der Waals surface area contributed by atoms with Gasteiger partial charge >= 0.3 is 0 Å². The van der Waals surface area contributed by atoms with E-state index in [0.717, 1.165) is 6.42 Å². The molecule has 0 radical (unpaired) electrons. The van der Waals surface area contributed by atoms with Crippen LogP contribution in [0.2, 0.25) is 0 Å². The van der Waals surface area contributed by atoms with Gasteiger partial charge in [0.05, 0.1) is 5.54 Å². The third-order valence-electron chi connectivity index (χ3n) is 3.20. The van der Waals surface area contributed by atoms with Crippen molar-refractivity contribution in [2.75, 3.05) is 10.6 Å². The highest BCUT2D eigenvalue weighted by Gasteiger charge is 2.27. The van der Waals surface area contributed by atoms with Gasteiger partial charge < -0.3 is 16.4 Å². The SMILES string of the molecule is CCCC(C)(N)C(=O)Nc1cccc(NC(=O)C(C)C)c1. The maximum atomic E-state index is 12.1. The van der Waals surface area contributed by atoms with E-state index in [0.29, 0.717) is 17.8 Å². The predicted molar refractivity (Wildman–Crippen MR) is 86.0 cm³/mol. The van der Waals surface area contributed by atoms with Crippen LogP contribution in [0.3, 0.4) is 0 Å². The molecular weight excluding hydrogens is 266 g/mol. The lowest BCUT2D eigenvalue weighted by molar-refractivity contribution is -0.121. The van der Waals surface area contributed by atoms with Crippen LogP contribution in [-0.4, -0.2) is 17.4 Å². The highest BCUT2D eigenvalue weighted by Crippen LogP contribution is 2.18. The maximum absolute atomic E-state index is 12.1. The average molecular weight is 291 g/mol. The molecule has 2 amide bonds. The molecule has 0 spiro atoms. The van der Waals surface area contributed by atoms with Crippen molar-refractivity contribution in [3.8, 4) is 0 Å². The minimum atomic E-state index is -0.897. The molecule has 116 valence electrons. The molecule has 0 bridgehead atoms. The number of amides is 2. The van der Waals surface area contributed by atoms with Gasteiger partial charge in [-0.2, -0.15) is 0 Å². The number of rotatable bonds is 6. The molecule has 0 aliphatic rings. The van der Waals surface area contributed by atoms with Crippen molar-refractivity contribution in [3.05, 3.63) is 24.3 Å². The molecule has 5 nitrogen and oxygen atoms in total. The smallest absolute Gasteiger partial charge is 0.244 e. The highest BCUT2D eigenvalue weighted by atomic mass is 16.2. The van der Waals surface area contributed by atoms with E-state index in [2.05, 4.69) is 10.6 Å². The van der Waals surface area contributed by atoms with Gasteiger partial charge in [0.25, 0.3) is 0 Å². The topological polar surface area (TPSA) is 84.2 Å². The average Bonchev–Trinajstić information content (AvgIpc) is 2.38. The Hall–Kier alpha value is -1.88. The molecule has 1 atom stereocenters. The molecule has 0 saturated heterocycles. The molecule has 1 rings (SSSR count). The minimum absolute atomic E-state index is 0.0619. The summed E-state index contributed by atoms with van der Waals surface area (Å²) in [6, 6.07) is 7.05. The molecule has 0 saturated carbocycles. The number of carbonyl (C=O) groups excluding carboxylic acids is 2. The molecule has 0 aromatic heterocycles. The first kappa shape index (κ1) is 17.2. The van der Waals surface area contributed by atoms with E-state index in [1.54, 1.807) is 31.2 Å². The first-order valence-electron chi connectivity index (χ1n) is 7.27. The summed E-state index contributed by atoms with van der Waals surface area (Å²) in [6.07, 6.45) is 1.45. The summed E-state index contributed by atoms with van der Waals surface area (Å²) in [5.74, 6) is -0.384. The van der Waals surface area contributed by atoms with Gasteiger partial charge in [-0.15, -0.1) is 0 Å². The lowest BCUT2D eigenvalue weighted by Gasteiger charge is -2.23. The standard InChI is InChI=1S/C16H25N3O2/c1-5-9-16(4,17)15(21)19-13-8-6-7-12(10-13)18-14(20)11(2)3/h6-8,10-11H,5,9,17H2,1-4H3,(H,18,20)(H,19,21). The van der Waals surface area contributed by atoms with Crippen molar-refractivity contribution in [2.24, 2.45) is 11.7 Å². The molecule has 1 unspecified atom stereocenters. The molecule has 21 heavy (non-hydrogen) atoms. The maximum Gasteiger partial charge on any atom is 0.244 e. The number of hydrogen-bond donors (Lipinski definition) is 3. The Kier molecular flexibility index (Phi) is 5.90. The minimum Gasteiger partial charge on any atom is -0.326 e. The quantitative estimate of drug-likeness (QED) is 0.753. The number of anilines is 2. The third kappa shape index (κ3) is 5.19. The summed E-state index contributed by atoms with van der Waals surface area (Å²) in [5.41, 5.74) is 6.37. The van der Waals surface area contributed by atoms with Crippen molar-refractivity contribution >= 4 is 23.2 Å². The van der Waals surface area contributed by atoms with Crippen molar-refractivity contribution < 1.29 is 9.59 Å². The van der Waals surface area contributed by atoms with Gasteiger partial charge in [-0.25, -0.2) is 0 Å². The molecule has 0 fully saturated rings. The van der Waals surface area contributed by atoms with E-state index in [1.807, 2.05) is 20.8 Å². The number of nitrogens with one attached hydrogen (secondary N) is 2. The second-order valence-electron chi connectivity index (χ2n) is 5.85. The van der Waals surface area contributed by atoms with Gasteiger partial charge in [0, 0.05) is 17.3 Å². The first-order valence-corrected chi connectivity index (χ1v) is 7.27. The summed E-state index contributed by atoms with van der Waals surface area (Å²) in [4.78, 5) is 23.8. The molecule has 1 aromatic rings. The Labute approximate surface area is 126 Å². The monoisotopic (exact) mass is 291 g/mol. The highest BCUT2D eigenvalue weighted by molar-refractivity contribution is 5.98. The molecule has 0 aliphatic carbocycles. The zero-order chi connectivity index (χ0) is 16.0. The van der Waals surface area contributed by atoms with Crippen LogP contribution in [0.4, 0.5) is 11.4 Å². The number of nitrogens with two attached hydrogens (primary N) is 1. The van der Waals surface area contributed by atoms with Crippen molar-refractivity contribution in [1.29, 1.82) is 0 Å². The van der Waals surface area contributed by atoms with Crippen LogP contribution < -0.4 is 16.4 Å². The van der Waals surface area contributed by atoms with Crippen LogP contribution in [-0.2, 0) is 9.59 Å². The van der Waals surface area contributed by atoms with Crippen LogP contribution in [0.1, 0.15) is 40.5 Å². The van der Waals surface area contributed by atoms with Crippen molar-refractivity contribution in [2.45, 2.75) is 46.1 Å². The first-order chi connectivity index (χ1) is 9.76. The number of carbonyl (C=O) groups is 2. The summed E-state index contributed by atoms with van der Waals surface area (Å²) < 4.78 is 0. The van der Waals surface area contributed by atoms with Crippen LogP contribution in [0, 0.1) is 5.92 Å². The van der Waals surface area contributed by atoms with Crippen LogP contribution in [0.5, 0.6) is 0 Å².